The second-order valence-electron chi connectivity index (χ2n) is 1.42. The van der Waals surface area contributed by atoms with E-state index in [1.165, 1.54) is 0 Å². The maximum absolute atomic E-state index is 10.4. The van der Waals surface area contributed by atoms with Gasteiger partial charge in [0.15, 0.2) is 0 Å². The molecule has 0 aliphatic heterocycles. The summed E-state index contributed by atoms with van der Waals surface area (Å²) >= 11 is 0. The number of carboxylic acids is 1. The molecule has 0 aliphatic rings. The normalized spacial score (nSPS) is 8.82. The summed E-state index contributed by atoms with van der Waals surface area (Å²) in [6.07, 6.45) is 1.60. The molecule has 0 saturated heterocycles. The third-order valence-corrected chi connectivity index (χ3v) is 0.649. The quantitative estimate of drug-likeness (QED) is 0.345. The summed E-state index contributed by atoms with van der Waals surface area (Å²) < 4.78 is 4.40. The largest absolute Gasteiger partial charge is 0.478 e. The number of carbonyl (C=O) groups excluding carboxylic acids is 1. The molecule has 1 N–H and O–H groups in total. The van der Waals surface area contributed by atoms with Crippen LogP contribution < -0.4 is 0 Å². The van der Waals surface area contributed by atoms with Gasteiger partial charge in [-0.2, -0.15) is 0 Å². The van der Waals surface area contributed by atoms with Crippen LogP contribution in [-0.2, 0) is 14.3 Å². The van der Waals surface area contributed by atoms with Crippen molar-refractivity contribution in [3.8, 4) is 0 Å². The van der Waals surface area contributed by atoms with Crippen LogP contribution in [-0.4, -0.2) is 42.5 Å². The fourth-order valence-electron chi connectivity index (χ4n) is 0.330. The Morgan fingerprint density at radius 3 is 2.36 bits per heavy atom. The SMILES string of the molecule is CCOC(=O)/C=C/C(=O)O.[Li]. The molecule has 0 fully saturated rings. The van der Waals surface area contributed by atoms with Gasteiger partial charge in [0, 0.05) is 31.0 Å². The molecule has 11 heavy (non-hydrogen) atoms. The molecule has 0 amide bonds. The maximum atomic E-state index is 10.4. The van der Waals surface area contributed by atoms with Crippen molar-refractivity contribution < 1.29 is 19.4 Å². The first-order chi connectivity index (χ1) is 4.66. The molecule has 0 bridgehead atoms. The number of ether oxygens (including phenoxy) is 1. The van der Waals surface area contributed by atoms with Gasteiger partial charge in [0.05, 0.1) is 6.61 Å². The van der Waals surface area contributed by atoms with Crippen molar-refractivity contribution in [3.05, 3.63) is 12.2 Å². The Morgan fingerprint density at radius 1 is 1.45 bits per heavy atom. The van der Waals surface area contributed by atoms with E-state index in [0.717, 1.165) is 12.2 Å². The van der Waals surface area contributed by atoms with Crippen LogP contribution in [0.1, 0.15) is 6.92 Å². The van der Waals surface area contributed by atoms with Gasteiger partial charge in [0.1, 0.15) is 0 Å². The van der Waals surface area contributed by atoms with E-state index in [1.807, 2.05) is 0 Å². The molecule has 0 spiro atoms. The van der Waals surface area contributed by atoms with E-state index < -0.39 is 11.9 Å². The minimum Gasteiger partial charge on any atom is -0.478 e. The van der Waals surface area contributed by atoms with Gasteiger partial charge in [0.2, 0.25) is 0 Å². The predicted octanol–water partition coefficient (Wildman–Crippen LogP) is -0.190. The van der Waals surface area contributed by atoms with Crippen molar-refractivity contribution in [1.82, 2.24) is 0 Å². The Morgan fingerprint density at radius 2 is 2.00 bits per heavy atom. The summed E-state index contributed by atoms with van der Waals surface area (Å²) in [6, 6.07) is 0. The monoisotopic (exact) mass is 151 g/mol. The van der Waals surface area contributed by atoms with Crippen LogP contribution in [0.25, 0.3) is 0 Å². The molecule has 0 aromatic heterocycles. The van der Waals surface area contributed by atoms with Crippen LogP contribution in [0.15, 0.2) is 12.2 Å². The molecule has 5 heteroatoms. The zero-order chi connectivity index (χ0) is 7.98. The number of rotatable bonds is 3. The smallest absolute Gasteiger partial charge is 0.330 e. The first-order valence-corrected chi connectivity index (χ1v) is 2.74. The molecule has 57 valence electrons. The Kier molecular flexibility index (Phi) is 8.67. The summed E-state index contributed by atoms with van der Waals surface area (Å²) in [6.45, 7) is 1.90. The first kappa shape index (κ1) is 12.9. The first-order valence-electron chi connectivity index (χ1n) is 2.74. The molecule has 0 aromatic carbocycles. The van der Waals surface area contributed by atoms with Gasteiger partial charge in [-0.3, -0.25) is 0 Å². The van der Waals surface area contributed by atoms with Crippen LogP contribution in [0, 0.1) is 0 Å². The molecular formula is C6H8LiO4. The summed E-state index contributed by atoms with van der Waals surface area (Å²) in [5, 5.41) is 8.04. The van der Waals surface area contributed by atoms with Crippen molar-refractivity contribution in [2.45, 2.75) is 6.92 Å². The Labute approximate surface area is 76.4 Å². The number of carbonyl (C=O) groups is 2. The second-order valence-corrected chi connectivity index (χ2v) is 1.42. The Bertz CT molecular complexity index is 164. The van der Waals surface area contributed by atoms with E-state index in [9.17, 15) is 9.59 Å². The number of esters is 1. The molecule has 4 nitrogen and oxygen atoms in total. The Hall–Kier alpha value is -0.723. The van der Waals surface area contributed by atoms with Crippen LogP contribution >= 0.6 is 0 Å². The third kappa shape index (κ3) is 9.28. The van der Waals surface area contributed by atoms with E-state index in [0.29, 0.717) is 0 Å². The van der Waals surface area contributed by atoms with E-state index >= 15 is 0 Å². The average molecular weight is 151 g/mol. The van der Waals surface area contributed by atoms with Gasteiger partial charge in [-0.05, 0) is 6.92 Å². The van der Waals surface area contributed by atoms with Crippen molar-refractivity contribution in [2.24, 2.45) is 0 Å². The number of hydrogen-bond acceptors (Lipinski definition) is 3. The average Bonchev–Trinajstić information content (AvgIpc) is 1.85. The predicted molar refractivity (Wildman–Crippen MR) is 39.2 cm³/mol. The second kappa shape index (κ2) is 7.39. The molecular weight excluding hydrogens is 143 g/mol. The van der Waals surface area contributed by atoms with Gasteiger partial charge in [-0.15, -0.1) is 0 Å². The van der Waals surface area contributed by atoms with E-state index in [-0.39, 0.29) is 25.5 Å². The molecule has 1 radical (unpaired) electrons. The number of carboxylic acid groups (broad SMARTS) is 1. The van der Waals surface area contributed by atoms with Crippen molar-refractivity contribution in [2.75, 3.05) is 6.61 Å². The van der Waals surface area contributed by atoms with Crippen LogP contribution in [0.5, 0.6) is 0 Å². The van der Waals surface area contributed by atoms with E-state index in [1.54, 1.807) is 6.92 Å². The van der Waals surface area contributed by atoms with E-state index in [4.69, 9.17) is 5.11 Å². The fourth-order valence-corrected chi connectivity index (χ4v) is 0.330. The van der Waals surface area contributed by atoms with Gasteiger partial charge < -0.3 is 9.84 Å². The molecule has 0 heterocycles. The zero-order valence-electron chi connectivity index (χ0n) is 6.53. The van der Waals surface area contributed by atoms with Crippen LogP contribution in [0.2, 0.25) is 0 Å². The molecule has 0 rings (SSSR count). The van der Waals surface area contributed by atoms with Gasteiger partial charge in [-0.25, -0.2) is 9.59 Å². The van der Waals surface area contributed by atoms with Crippen LogP contribution in [0.3, 0.4) is 0 Å². The molecule has 0 aliphatic carbocycles. The van der Waals surface area contributed by atoms with Gasteiger partial charge in [0.25, 0.3) is 0 Å². The topological polar surface area (TPSA) is 63.6 Å². The summed E-state index contributed by atoms with van der Waals surface area (Å²) in [5.74, 6) is -1.79. The number of hydrogen-bond donors (Lipinski definition) is 1. The summed E-state index contributed by atoms with van der Waals surface area (Å²) in [4.78, 5) is 20.2. The summed E-state index contributed by atoms with van der Waals surface area (Å²) in [5.41, 5.74) is 0. The molecule has 0 atom stereocenters. The van der Waals surface area contributed by atoms with E-state index in [2.05, 4.69) is 4.74 Å². The fraction of sp³-hybridized carbons (Fsp3) is 0.333. The molecule has 0 unspecified atom stereocenters. The minimum atomic E-state index is -1.16. The zero-order valence-corrected chi connectivity index (χ0v) is 6.53. The van der Waals surface area contributed by atoms with Crippen molar-refractivity contribution in [1.29, 1.82) is 0 Å². The number of aliphatic carboxylic acids is 1. The minimum absolute atomic E-state index is 0. The van der Waals surface area contributed by atoms with Crippen LogP contribution in [0.4, 0.5) is 0 Å². The third-order valence-electron chi connectivity index (χ3n) is 0.649. The maximum Gasteiger partial charge on any atom is 0.330 e. The van der Waals surface area contributed by atoms with Crippen molar-refractivity contribution in [3.63, 3.8) is 0 Å². The Balaban J connectivity index is 0. The molecule has 0 aromatic rings. The van der Waals surface area contributed by atoms with Crippen molar-refractivity contribution >= 4 is 30.8 Å². The standard InChI is InChI=1S/C6H8O4.Li/c1-2-10-6(9)4-3-5(7)8;/h3-4H,2H2,1H3,(H,7,8);/b4-3+;. The van der Waals surface area contributed by atoms with Gasteiger partial charge in [-0.1, -0.05) is 0 Å². The summed E-state index contributed by atoms with van der Waals surface area (Å²) in [7, 11) is 0. The van der Waals surface area contributed by atoms with Gasteiger partial charge >= 0.3 is 11.9 Å². The molecule has 0 saturated carbocycles.